The minimum Gasteiger partial charge on any atom is -0.380 e. The minimum atomic E-state index is 0.0971. The lowest BCUT2D eigenvalue weighted by Crippen LogP contribution is -2.33. The minimum absolute atomic E-state index is 0.0971. The van der Waals surface area contributed by atoms with Crippen LogP contribution < -0.4 is 5.32 Å². The molecular weight excluding hydrogens is 302 g/mol. The van der Waals surface area contributed by atoms with E-state index >= 15 is 0 Å². The number of ether oxygens (including phenoxy) is 1. The Bertz CT molecular complexity index is 736. The molecule has 1 aromatic carbocycles. The van der Waals surface area contributed by atoms with Crippen molar-refractivity contribution in [1.82, 2.24) is 15.1 Å². The molecule has 1 N–H and O–H groups in total. The van der Waals surface area contributed by atoms with Gasteiger partial charge in [-0.25, -0.2) is 0 Å². The molecule has 0 bridgehead atoms. The number of aryl methyl sites for hydroxylation is 1. The van der Waals surface area contributed by atoms with Crippen LogP contribution in [0, 0.1) is 13.8 Å². The van der Waals surface area contributed by atoms with E-state index in [0.29, 0.717) is 13.0 Å². The number of piperidine rings is 1. The molecule has 1 atom stereocenters. The fraction of sp³-hybridized carbons (Fsp3) is 0.474. The van der Waals surface area contributed by atoms with E-state index in [1.807, 2.05) is 11.6 Å². The highest BCUT2D eigenvalue weighted by Gasteiger charge is 2.25. The quantitative estimate of drug-likeness (QED) is 0.918. The van der Waals surface area contributed by atoms with Crippen LogP contribution in [0.25, 0.3) is 0 Å². The van der Waals surface area contributed by atoms with Crippen LogP contribution in [0.1, 0.15) is 53.4 Å². The van der Waals surface area contributed by atoms with E-state index in [1.54, 1.807) is 7.11 Å². The molecule has 1 unspecified atom stereocenters. The third-order valence-corrected chi connectivity index (χ3v) is 4.65. The number of carbonyl (C=O) groups excluding carboxylic acids is 1. The van der Waals surface area contributed by atoms with Crippen LogP contribution in [0.15, 0.2) is 24.3 Å². The molecule has 1 fully saturated rings. The number of carbonyl (C=O) groups is 1. The highest BCUT2D eigenvalue weighted by Crippen LogP contribution is 2.29. The molecule has 2 heterocycles. The number of hydrogen-bond donors (Lipinski definition) is 1. The van der Waals surface area contributed by atoms with Crippen LogP contribution >= 0.6 is 0 Å². The molecule has 1 aliphatic heterocycles. The summed E-state index contributed by atoms with van der Waals surface area (Å²) in [7, 11) is 1.71. The molecule has 24 heavy (non-hydrogen) atoms. The number of hydrogen-bond acceptors (Lipinski definition) is 3. The van der Waals surface area contributed by atoms with Crippen molar-refractivity contribution < 1.29 is 9.53 Å². The first-order chi connectivity index (χ1) is 11.6. The van der Waals surface area contributed by atoms with Crippen molar-refractivity contribution in [1.29, 1.82) is 0 Å². The van der Waals surface area contributed by atoms with E-state index in [-0.39, 0.29) is 11.9 Å². The monoisotopic (exact) mass is 327 g/mol. The number of aromatic nitrogens is 2. The molecule has 1 amide bonds. The predicted molar refractivity (Wildman–Crippen MR) is 92.7 cm³/mol. The standard InChI is InChI=1S/C19H25N3O2/c1-13-19(17-8-5-9-18(23)20-17)14(2)22(21-13)11-15-6-4-7-16(10-15)12-24-3/h4,6-7,10,17H,5,8-9,11-12H2,1-3H3,(H,20,23). The summed E-state index contributed by atoms with van der Waals surface area (Å²) in [4.78, 5) is 11.7. The highest BCUT2D eigenvalue weighted by atomic mass is 16.5. The zero-order valence-corrected chi connectivity index (χ0v) is 14.6. The van der Waals surface area contributed by atoms with E-state index in [9.17, 15) is 4.79 Å². The average molecular weight is 327 g/mol. The van der Waals surface area contributed by atoms with Gasteiger partial charge in [-0.2, -0.15) is 5.10 Å². The fourth-order valence-corrected chi connectivity index (χ4v) is 3.55. The van der Waals surface area contributed by atoms with Gasteiger partial charge in [0.1, 0.15) is 0 Å². The largest absolute Gasteiger partial charge is 0.380 e. The fourth-order valence-electron chi connectivity index (χ4n) is 3.55. The van der Waals surface area contributed by atoms with Gasteiger partial charge in [0, 0.05) is 24.8 Å². The molecular formula is C19H25N3O2. The molecule has 0 aliphatic carbocycles. The second-order valence-corrected chi connectivity index (χ2v) is 6.51. The summed E-state index contributed by atoms with van der Waals surface area (Å²) in [6.45, 7) is 5.46. The number of rotatable bonds is 5. The van der Waals surface area contributed by atoms with Gasteiger partial charge in [-0.3, -0.25) is 9.48 Å². The smallest absolute Gasteiger partial charge is 0.220 e. The number of methoxy groups -OCH3 is 1. The number of amides is 1. The van der Waals surface area contributed by atoms with Crippen molar-refractivity contribution in [2.45, 2.75) is 52.3 Å². The molecule has 2 aromatic rings. The molecule has 1 saturated heterocycles. The molecule has 3 rings (SSSR count). The van der Waals surface area contributed by atoms with Gasteiger partial charge in [0.15, 0.2) is 0 Å². The van der Waals surface area contributed by atoms with Gasteiger partial charge in [0.25, 0.3) is 0 Å². The van der Waals surface area contributed by atoms with Gasteiger partial charge in [-0.15, -0.1) is 0 Å². The summed E-state index contributed by atoms with van der Waals surface area (Å²) in [6.07, 6.45) is 2.57. The van der Waals surface area contributed by atoms with Crippen LogP contribution in [0.3, 0.4) is 0 Å². The Labute approximate surface area is 143 Å². The Hall–Kier alpha value is -2.14. The first-order valence-corrected chi connectivity index (χ1v) is 8.48. The van der Waals surface area contributed by atoms with Crippen molar-refractivity contribution in [2.75, 3.05) is 7.11 Å². The van der Waals surface area contributed by atoms with Crippen LogP contribution in [0.5, 0.6) is 0 Å². The molecule has 0 spiro atoms. The summed E-state index contributed by atoms with van der Waals surface area (Å²) in [5.41, 5.74) is 5.69. The van der Waals surface area contributed by atoms with Gasteiger partial charge in [-0.1, -0.05) is 24.3 Å². The predicted octanol–water partition coefficient (Wildman–Crippen LogP) is 3.04. The van der Waals surface area contributed by atoms with Gasteiger partial charge < -0.3 is 10.1 Å². The lowest BCUT2D eigenvalue weighted by atomic mass is 9.96. The molecule has 1 aliphatic rings. The normalized spacial score (nSPS) is 17.8. The zero-order valence-electron chi connectivity index (χ0n) is 14.6. The third-order valence-electron chi connectivity index (χ3n) is 4.65. The summed E-state index contributed by atoms with van der Waals surface area (Å²) in [6, 6.07) is 8.48. The van der Waals surface area contributed by atoms with Crippen molar-refractivity contribution >= 4 is 5.91 Å². The van der Waals surface area contributed by atoms with E-state index in [4.69, 9.17) is 9.84 Å². The van der Waals surface area contributed by atoms with Crippen LogP contribution in [0.4, 0.5) is 0 Å². The number of nitrogens with zero attached hydrogens (tertiary/aromatic N) is 2. The van der Waals surface area contributed by atoms with Crippen molar-refractivity contribution in [3.05, 3.63) is 52.3 Å². The number of benzene rings is 1. The molecule has 0 radical (unpaired) electrons. The Morgan fingerprint density at radius 3 is 2.88 bits per heavy atom. The van der Waals surface area contributed by atoms with Gasteiger partial charge in [0.05, 0.1) is 24.9 Å². The summed E-state index contributed by atoms with van der Waals surface area (Å²) in [5, 5.41) is 7.82. The Balaban J connectivity index is 1.83. The first kappa shape index (κ1) is 16.7. The number of nitrogens with one attached hydrogen (secondary N) is 1. The first-order valence-electron chi connectivity index (χ1n) is 8.48. The average Bonchev–Trinajstić information content (AvgIpc) is 2.82. The zero-order chi connectivity index (χ0) is 17.1. The molecule has 0 saturated carbocycles. The van der Waals surface area contributed by atoms with E-state index in [2.05, 4.69) is 36.5 Å². The van der Waals surface area contributed by atoms with Gasteiger partial charge >= 0.3 is 0 Å². The molecule has 5 nitrogen and oxygen atoms in total. The molecule has 128 valence electrons. The summed E-state index contributed by atoms with van der Waals surface area (Å²) < 4.78 is 7.25. The maximum atomic E-state index is 11.7. The van der Waals surface area contributed by atoms with Crippen LogP contribution in [-0.2, 0) is 22.7 Å². The van der Waals surface area contributed by atoms with Crippen LogP contribution in [0.2, 0.25) is 0 Å². The maximum absolute atomic E-state index is 11.7. The lowest BCUT2D eigenvalue weighted by Gasteiger charge is -2.23. The van der Waals surface area contributed by atoms with Crippen molar-refractivity contribution in [3.63, 3.8) is 0 Å². The van der Waals surface area contributed by atoms with E-state index < -0.39 is 0 Å². The van der Waals surface area contributed by atoms with E-state index in [0.717, 1.165) is 36.3 Å². The van der Waals surface area contributed by atoms with Crippen molar-refractivity contribution in [2.24, 2.45) is 0 Å². The molecule has 5 heteroatoms. The topological polar surface area (TPSA) is 56.2 Å². The SMILES string of the molecule is COCc1cccc(Cn2nc(C)c(C3CCCC(=O)N3)c2C)c1. The molecule has 1 aromatic heterocycles. The van der Waals surface area contributed by atoms with Crippen molar-refractivity contribution in [3.8, 4) is 0 Å². The second-order valence-electron chi connectivity index (χ2n) is 6.51. The van der Waals surface area contributed by atoms with Gasteiger partial charge in [0.2, 0.25) is 5.91 Å². The summed E-state index contributed by atoms with van der Waals surface area (Å²) in [5.74, 6) is 0.144. The summed E-state index contributed by atoms with van der Waals surface area (Å²) >= 11 is 0. The second kappa shape index (κ2) is 7.18. The lowest BCUT2D eigenvalue weighted by molar-refractivity contribution is -0.123. The van der Waals surface area contributed by atoms with Gasteiger partial charge in [-0.05, 0) is 37.8 Å². The van der Waals surface area contributed by atoms with E-state index in [1.165, 1.54) is 11.1 Å². The van der Waals surface area contributed by atoms with Crippen LogP contribution in [-0.4, -0.2) is 22.8 Å². The Morgan fingerprint density at radius 2 is 2.12 bits per heavy atom. The highest BCUT2D eigenvalue weighted by molar-refractivity contribution is 5.77. The maximum Gasteiger partial charge on any atom is 0.220 e. The third kappa shape index (κ3) is 3.51. The Morgan fingerprint density at radius 1 is 1.33 bits per heavy atom. The Kier molecular flexibility index (Phi) is 5.00.